The van der Waals surface area contributed by atoms with E-state index >= 15 is 4.39 Å². The Morgan fingerprint density at radius 3 is 2.33 bits per heavy atom. The van der Waals surface area contributed by atoms with Crippen LogP contribution in [0.25, 0.3) is 0 Å². The molecule has 0 spiro atoms. The fourth-order valence-electron chi connectivity index (χ4n) is 5.00. The Morgan fingerprint density at radius 2 is 1.67 bits per heavy atom. The molecule has 2 aliphatic rings. The van der Waals surface area contributed by atoms with Gasteiger partial charge < -0.3 is 4.74 Å². The van der Waals surface area contributed by atoms with Crippen molar-refractivity contribution in [2.45, 2.75) is 70.4 Å². The normalized spacial score (nSPS) is 36.3. The summed E-state index contributed by atoms with van der Waals surface area (Å²) < 4.78 is 78.1. The highest BCUT2D eigenvalue weighted by atomic mass is 19.2. The summed E-state index contributed by atoms with van der Waals surface area (Å²) in [6.07, 6.45) is -2.84. The van der Waals surface area contributed by atoms with E-state index < -0.39 is 47.9 Å². The number of fused-ring (bicyclic) bond motifs is 1. The predicted octanol–water partition coefficient (Wildman–Crippen LogP) is 6.31. The summed E-state index contributed by atoms with van der Waals surface area (Å²) in [5.41, 5.74) is -0.0625. The summed E-state index contributed by atoms with van der Waals surface area (Å²) in [6, 6.07) is 2.64. The van der Waals surface area contributed by atoms with Crippen molar-refractivity contribution in [1.82, 2.24) is 0 Å². The smallest absolute Gasteiger partial charge is 0.200 e. The highest BCUT2D eigenvalue weighted by Gasteiger charge is 2.50. The van der Waals surface area contributed by atoms with Crippen LogP contribution in [-0.2, 0) is 0 Å². The molecule has 0 bridgehead atoms. The molecule has 0 N–H and O–H groups in total. The van der Waals surface area contributed by atoms with Crippen LogP contribution in [0.3, 0.4) is 0 Å². The molecule has 0 radical (unpaired) electrons. The van der Waals surface area contributed by atoms with Crippen LogP contribution < -0.4 is 4.74 Å². The Balaban J connectivity index is 1.83. The van der Waals surface area contributed by atoms with Crippen molar-refractivity contribution < 1.29 is 26.7 Å². The fraction of sp³-hybridized carbons (Fsp3) is 0.714. The van der Waals surface area contributed by atoms with Crippen LogP contribution in [-0.4, -0.2) is 25.1 Å². The van der Waals surface area contributed by atoms with E-state index in [1.807, 2.05) is 6.92 Å². The molecule has 6 heteroatoms. The number of alkyl halides is 3. The van der Waals surface area contributed by atoms with Crippen LogP contribution in [0.2, 0.25) is 0 Å². The van der Waals surface area contributed by atoms with E-state index in [0.717, 1.165) is 0 Å². The third-order valence-electron chi connectivity index (χ3n) is 6.31. The molecule has 2 saturated carbocycles. The zero-order valence-corrected chi connectivity index (χ0v) is 15.7. The molecule has 1 aromatic carbocycles. The van der Waals surface area contributed by atoms with Crippen molar-refractivity contribution in [1.29, 1.82) is 0 Å². The zero-order valence-electron chi connectivity index (χ0n) is 15.7. The van der Waals surface area contributed by atoms with Gasteiger partial charge in [0, 0.05) is 11.8 Å². The first-order chi connectivity index (χ1) is 12.9. The highest BCUT2D eigenvalue weighted by Crippen LogP contribution is 2.52. The van der Waals surface area contributed by atoms with Gasteiger partial charge in [-0.3, -0.25) is 0 Å². The minimum Gasteiger partial charge on any atom is -0.491 e. The van der Waals surface area contributed by atoms with Gasteiger partial charge in [0.2, 0.25) is 5.82 Å². The maximum Gasteiger partial charge on any atom is 0.200 e. The molecular weight excluding hydrogens is 363 g/mol. The maximum atomic E-state index is 15.2. The van der Waals surface area contributed by atoms with Gasteiger partial charge in [-0.1, -0.05) is 19.4 Å². The second-order valence-corrected chi connectivity index (χ2v) is 7.88. The minimum absolute atomic E-state index is 0.0471. The lowest BCUT2D eigenvalue weighted by Gasteiger charge is -2.24. The Kier molecular flexibility index (Phi) is 6.32. The van der Waals surface area contributed by atoms with Gasteiger partial charge in [0.15, 0.2) is 11.6 Å². The van der Waals surface area contributed by atoms with Gasteiger partial charge in [0.05, 0.1) is 6.61 Å². The number of hydrogen-bond acceptors (Lipinski definition) is 1. The van der Waals surface area contributed by atoms with E-state index in [0.29, 0.717) is 12.8 Å². The van der Waals surface area contributed by atoms with Crippen LogP contribution in [0, 0.1) is 29.4 Å². The topological polar surface area (TPSA) is 9.23 Å². The van der Waals surface area contributed by atoms with Gasteiger partial charge in [-0.25, -0.2) is 17.6 Å². The average molecular weight is 390 g/mol. The largest absolute Gasteiger partial charge is 0.491 e. The molecule has 0 heterocycles. The molecule has 0 saturated heterocycles. The molecule has 2 aliphatic carbocycles. The first-order valence-corrected chi connectivity index (χ1v) is 9.91. The van der Waals surface area contributed by atoms with Crippen molar-refractivity contribution in [3.05, 3.63) is 29.3 Å². The maximum absolute atomic E-state index is 15.2. The first-order valence-electron chi connectivity index (χ1n) is 9.91. The van der Waals surface area contributed by atoms with Gasteiger partial charge in [0.1, 0.15) is 18.5 Å². The lowest BCUT2D eigenvalue weighted by Crippen LogP contribution is -2.26. The van der Waals surface area contributed by atoms with Gasteiger partial charge in [-0.05, 0) is 56.1 Å². The molecule has 152 valence electrons. The molecule has 27 heavy (non-hydrogen) atoms. The molecule has 0 aliphatic heterocycles. The average Bonchev–Trinajstić information content (AvgIpc) is 2.86. The summed E-state index contributed by atoms with van der Waals surface area (Å²) in [5, 5.41) is 0. The van der Waals surface area contributed by atoms with Crippen molar-refractivity contribution in [3.63, 3.8) is 0 Å². The summed E-state index contributed by atoms with van der Waals surface area (Å²) in [5.74, 6) is -5.05. The van der Waals surface area contributed by atoms with Crippen LogP contribution in [0.4, 0.5) is 22.0 Å². The number of ether oxygens (including phenoxy) is 1. The second-order valence-electron chi connectivity index (χ2n) is 7.88. The van der Waals surface area contributed by atoms with E-state index in [1.54, 1.807) is 6.92 Å². The molecule has 7 unspecified atom stereocenters. The van der Waals surface area contributed by atoms with Gasteiger partial charge in [0.25, 0.3) is 0 Å². The van der Waals surface area contributed by atoms with E-state index in [-0.39, 0.29) is 43.1 Å². The van der Waals surface area contributed by atoms with Crippen LogP contribution in [0.5, 0.6) is 5.75 Å². The summed E-state index contributed by atoms with van der Waals surface area (Å²) in [4.78, 5) is 0. The van der Waals surface area contributed by atoms with Crippen LogP contribution >= 0.6 is 0 Å². The lowest BCUT2D eigenvalue weighted by molar-refractivity contribution is 0.107. The van der Waals surface area contributed by atoms with Gasteiger partial charge in [-0.15, -0.1) is 0 Å². The van der Waals surface area contributed by atoms with Crippen LogP contribution in [0.15, 0.2) is 12.1 Å². The molecule has 2 fully saturated rings. The quantitative estimate of drug-likeness (QED) is 0.536. The third kappa shape index (κ3) is 3.81. The number of benzene rings is 1. The molecule has 1 aromatic rings. The van der Waals surface area contributed by atoms with Crippen molar-refractivity contribution in [2.75, 3.05) is 6.61 Å². The summed E-state index contributed by atoms with van der Waals surface area (Å²) >= 11 is 0. The summed E-state index contributed by atoms with van der Waals surface area (Å²) in [7, 11) is 0. The molecular formula is C21H27F5O. The van der Waals surface area contributed by atoms with Gasteiger partial charge >= 0.3 is 0 Å². The molecule has 3 rings (SSSR count). The molecule has 7 atom stereocenters. The van der Waals surface area contributed by atoms with Crippen molar-refractivity contribution in [3.8, 4) is 5.75 Å². The van der Waals surface area contributed by atoms with Crippen LogP contribution in [0.1, 0.15) is 57.4 Å². The van der Waals surface area contributed by atoms with Gasteiger partial charge in [-0.2, -0.15) is 4.39 Å². The van der Waals surface area contributed by atoms with E-state index in [9.17, 15) is 17.6 Å². The number of hydrogen-bond donors (Lipinski definition) is 0. The molecule has 0 amide bonds. The number of rotatable bonds is 5. The Morgan fingerprint density at radius 1 is 0.963 bits per heavy atom. The first kappa shape index (κ1) is 20.4. The zero-order chi connectivity index (χ0) is 19.7. The summed E-state index contributed by atoms with van der Waals surface area (Å²) in [6.45, 7) is 3.71. The number of halogens is 5. The van der Waals surface area contributed by atoms with E-state index in [2.05, 4.69) is 0 Å². The lowest BCUT2D eigenvalue weighted by atomic mass is 9.88. The highest BCUT2D eigenvalue weighted by molar-refractivity contribution is 5.34. The second kappa shape index (κ2) is 8.36. The minimum atomic E-state index is -1.51. The van der Waals surface area contributed by atoms with E-state index in [4.69, 9.17) is 4.74 Å². The van der Waals surface area contributed by atoms with E-state index in [1.165, 1.54) is 12.1 Å². The SMILES string of the molecule is CCCC1C(F)CC2CC(c3ccc(OCC)c(F)c3F)C(F)C2CC1F. The Bertz CT molecular complexity index is 652. The third-order valence-corrected chi connectivity index (χ3v) is 6.31. The standard InChI is InChI=1S/C21H27F5O/c1-3-5-13-16(22)9-11-8-15(19(24)14(11)10-17(13)23)12-6-7-18(27-4-2)21(26)20(12)25/h6-7,11,13-17,19H,3-5,8-10H2,1-2H3. The molecule has 0 aromatic heterocycles. The predicted molar refractivity (Wildman–Crippen MR) is 94.2 cm³/mol. The Hall–Kier alpha value is -1.33. The fourth-order valence-corrected chi connectivity index (χ4v) is 5.00. The Labute approximate surface area is 157 Å². The van der Waals surface area contributed by atoms with Crippen molar-refractivity contribution in [2.24, 2.45) is 17.8 Å². The molecule has 1 nitrogen and oxygen atoms in total. The monoisotopic (exact) mass is 390 g/mol. The van der Waals surface area contributed by atoms with Crippen molar-refractivity contribution >= 4 is 0 Å².